The van der Waals surface area contributed by atoms with Gasteiger partial charge in [0.1, 0.15) is 12.1 Å². The topological polar surface area (TPSA) is 102 Å². The van der Waals surface area contributed by atoms with E-state index >= 15 is 0 Å². The van der Waals surface area contributed by atoms with Crippen molar-refractivity contribution < 1.29 is 22.8 Å². The van der Waals surface area contributed by atoms with E-state index in [1.54, 1.807) is 24.3 Å². The molecule has 3 rings (SSSR count). The summed E-state index contributed by atoms with van der Waals surface area (Å²) in [5.74, 6) is 0.104. The van der Waals surface area contributed by atoms with Gasteiger partial charge in [0.2, 0.25) is 11.6 Å². The number of aromatic nitrogens is 2. The van der Waals surface area contributed by atoms with E-state index in [1.807, 2.05) is 0 Å². The van der Waals surface area contributed by atoms with Crippen molar-refractivity contribution in [2.24, 2.45) is 0 Å². The normalized spacial score (nSPS) is 11.1. The molecule has 0 spiro atoms. The monoisotopic (exact) mass is 447 g/mol. The number of nitro groups is 1. The molecular formula is C21H20F3N5O3. The molecule has 0 amide bonds. The van der Waals surface area contributed by atoms with Gasteiger partial charge in [-0.15, -0.1) is 0 Å². The van der Waals surface area contributed by atoms with Crippen LogP contribution in [0.2, 0.25) is 0 Å². The summed E-state index contributed by atoms with van der Waals surface area (Å²) < 4.78 is 45.4. The smallest absolute Gasteiger partial charge is 0.418 e. The summed E-state index contributed by atoms with van der Waals surface area (Å²) in [6.07, 6.45) is -1.70. The first-order valence-corrected chi connectivity index (χ1v) is 9.72. The molecule has 11 heteroatoms. The lowest BCUT2D eigenvalue weighted by atomic mass is 10.1. The zero-order valence-corrected chi connectivity index (χ0v) is 17.0. The van der Waals surface area contributed by atoms with Crippen molar-refractivity contribution >= 4 is 28.7 Å². The molecule has 32 heavy (non-hydrogen) atoms. The van der Waals surface area contributed by atoms with Crippen LogP contribution in [0.15, 0.2) is 54.9 Å². The average Bonchev–Trinajstić information content (AvgIpc) is 2.75. The van der Waals surface area contributed by atoms with Crippen LogP contribution in [0.1, 0.15) is 25.3 Å². The molecule has 168 valence electrons. The Hall–Kier alpha value is -3.89. The Labute approximate surface area is 181 Å². The Morgan fingerprint density at radius 2 is 1.69 bits per heavy atom. The number of para-hydroxylation sites is 1. The third-order valence-corrected chi connectivity index (χ3v) is 4.37. The number of nitrogens with zero attached hydrogens (tertiary/aromatic N) is 3. The lowest BCUT2D eigenvalue weighted by molar-refractivity contribution is -0.383. The minimum atomic E-state index is -4.65. The molecule has 8 nitrogen and oxygen atoms in total. The third-order valence-electron chi connectivity index (χ3n) is 4.37. The lowest BCUT2D eigenvalue weighted by Crippen LogP contribution is -2.10. The zero-order chi connectivity index (χ0) is 23.1. The first kappa shape index (κ1) is 22.8. The van der Waals surface area contributed by atoms with Crippen LogP contribution in [-0.4, -0.2) is 21.5 Å². The summed E-state index contributed by atoms with van der Waals surface area (Å²) in [5, 5.41) is 16.9. The van der Waals surface area contributed by atoms with Crippen LogP contribution < -0.4 is 15.4 Å². The number of benzene rings is 2. The second-order valence-corrected chi connectivity index (χ2v) is 6.70. The molecule has 0 aliphatic heterocycles. The minimum absolute atomic E-state index is 0.170. The van der Waals surface area contributed by atoms with E-state index in [9.17, 15) is 23.3 Å². The fourth-order valence-electron chi connectivity index (χ4n) is 2.81. The quantitative estimate of drug-likeness (QED) is 0.233. The van der Waals surface area contributed by atoms with Crippen LogP contribution in [0.5, 0.6) is 5.75 Å². The van der Waals surface area contributed by atoms with Crippen molar-refractivity contribution in [1.82, 2.24) is 9.97 Å². The molecule has 2 N–H and O–H groups in total. The van der Waals surface area contributed by atoms with Crippen molar-refractivity contribution in [1.29, 1.82) is 0 Å². The van der Waals surface area contributed by atoms with Crippen LogP contribution in [0.3, 0.4) is 0 Å². The highest BCUT2D eigenvalue weighted by Gasteiger charge is 2.34. The first-order valence-electron chi connectivity index (χ1n) is 9.72. The summed E-state index contributed by atoms with van der Waals surface area (Å²) in [6.45, 7) is 2.63. The molecule has 1 aromatic heterocycles. The largest absolute Gasteiger partial charge is 0.494 e. The lowest BCUT2D eigenvalue weighted by Gasteiger charge is -2.14. The van der Waals surface area contributed by atoms with Gasteiger partial charge in [-0.1, -0.05) is 25.5 Å². The Balaban J connectivity index is 1.87. The van der Waals surface area contributed by atoms with Crippen LogP contribution >= 0.6 is 0 Å². The molecule has 0 saturated carbocycles. The van der Waals surface area contributed by atoms with E-state index in [0.717, 1.165) is 25.2 Å². The van der Waals surface area contributed by atoms with E-state index in [1.165, 1.54) is 18.2 Å². The number of hydrogen-bond acceptors (Lipinski definition) is 7. The molecule has 0 saturated heterocycles. The zero-order valence-electron chi connectivity index (χ0n) is 17.0. The van der Waals surface area contributed by atoms with E-state index in [4.69, 9.17) is 4.74 Å². The summed E-state index contributed by atoms with van der Waals surface area (Å²) in [7, 11) is 0. The van der Waals surface area contributed by atoms with Crippen molar-refractivity contribution in [2.45, 2.75) is 25.9 Å². The highest BCUT2D eigenvalue weighted by atomic mass is 19.4. The predicted octanol–water partition coefficient (Wildman–Crippen LogP) is 6.07. The van der Waals surface area contributed by atoms with Crippen molar-refractivity contribution in [3.63, 3.8) is 0 Å². The third kappa shape index (κ3) is 5.62. The number of rotatable bonds is 9. The number of halogens is 3. The molecule has 0 atom stereocenters. The Bertz CT molecular complexity index is 1080. The van der Waals surface area contributed by atoms with E-state index < -0.39 is 22.4 Å². The van der Waals surface area contributed by atoms with Gasteiger partial charge in [0.15, 0.2) is 0 Å². The molecule has 0 bridgehead atoms. The van der Waals surface area contributed by atoms with Gasteiger partial charge in [0.05, 0.1) is 22.8 Å². The predicted molar refractivity (Wildman–Crippen MR) is 114 cm³/mol. The van der Waals surface area contributed by atoms with Crippen molar-refractivity contribution in [2.75, 3.05) is 17.2 Å². The maximum absolute atomic E-state index is 13.3. The fraction of sp³-hybridized carbons (Fsp3) is 0.238. The minimum Gasteiger partial charge on any atom is -0.494 e. The van der Waals surface area contributed by atoms with Crippen molar-refractivity contribution in [3.05, 3.63) is 70.5 Å². The van der Waals surface area contributed by atoms with Crippen LogP contribution in [0.25, 0.3) is 0 Å². The molecule has 0 aliphatic rings. The first-order chi connectivity index (χ1) is 15.3. The Morgan fingerprint density at radius 3 is 2.31 bits per heavy atom. The van der Waals surface area contributed by atoms with Crippen LogP contribution in [0, 0.1) is 10.1 Å². The van der Waals surface area contributed by atoms with Crippen molar-refractivity contribution in [3.8, 4) is 5.75 Å². The van der Waals surface area contributed by atoms with E-state index in [0.29, 0.717) is 18.0 Å². The molecule has 0 radical (unpaired) electrons. The van der Waals surface area contributed by atoms with Gasteiger partial charge in [-0.2, -0.15) is 13.2 Å². The van der Waals surface area contributed by atoms with E-state index in [2.05, 4.69) is 27.5 Å². The van der Waals surface area contributed by atoms with Gasteiger partial charge in [0.25, 0.3) is 0 Å². The van der Waals surface area contributed by atoms with Gasteiger partial charge in [-0.3, -0.25) is 10.1 Å². The average molecular weight is 447 g/mol. The van der Waals surface area contributed by atoms with E-state index in [-0.39, 0.29) is 17.3 Å². The molecule has 0 unspecified atom stereocenters. The number of hydrogen-bond donors (Lipinski definition) is 2. The second-order valence-electron chi connectivity index (χ2n) is 6.70. The van der Waals surface area contributed by atoms with Gasteiger partial charge < -0.3 is 15.4 Å². The number of unbranched alkanes of at least 4 members (excludes halogenated alkanes) is 1. The van der Waals surface area contributed by atoms with Gasteiger partial charge in [0, 0.05) is 5.69 Å². The summed E-state index contributed by atoms with van der Waals surface area (Å²) >= 11 is 0. The Kier molecular flexibility index (Phi) is 7.08. The van der Waals surface area contributed by atoms with Gasteiger partial charge >= 0.3 is 11.9 Å². The molecule has 3 aromatic rings. The van der Waals surface area contributed by atoms with Gasteiger partial charge in [-0.25, -0.2) is 9.97 Å². The highest BCUT2D eigenvalue weighted by Crippen LogP contribution is 2.38. The summed E-state index contributed by atoms with van der Waals surface area (Å²) in [5.41, 5.74) is -1.44. The molecule has 2 aromatic carbocycles. The standard InChI is InChI=1S/C21H20F3N5O3/c1-2-3-12-32-15-10-8-14(9-11-15)27-19-18(29(30)31)20(26-13-25-19)28-17-7-5-4-6-16(17)21(22,23)24/h4-11,13H,2-3,12H2,1H3,(H2,25,26,27,28). The highest BCUT2D eigenvalue weighted by molar-refractivity contribution is 5.77. The Morgan fingerprint density at radius 1 is 1.03 bits per heavy atom. The second kappa shape index (κ2) is 9.94. The van der Waals surface area contributed by atoms with Gasteiger partial charge in [-0.05, 0) is 42.8 Å². The fourth-order valence-corrected chi connectivity index (χ4v) is 2.81. The number of ether oxygens (including phenoxy) is 1. The molecular weight excluding hydrogens is 427 g/mol. The number of alkyl halides is 3. The molecule has 0 fully saturated rings. The summed E-state index contributed by atoms with van der Waals surface area (Å²) in [4.78, 5) is 18.6. The number of anilines is 4. The maximum atomic E-state index is 13.3. The van der Waals surface area contributed by atoms with Crippen LogP contribution in [0.4, 0.5) is 41.9 Å². The summed E-state index contributed by atoms with van der Waals surface area (Å²) in [6, 6.07) is 11.3. The molecule has 0 aliphatic carbocycles. The van der Waals surface area contributed by atoms with Crippen LogP contribution in [-0.2, 0) is 6.18 Å². The molecule has 1 heterocycles. The number of nitrogens with one attached hydrogen (secondary N) is 2. The maximum Gasteiger partial charge on any atom is 0.418 e. The SMILES string of the molecule is CCCCOc1ccc(Nc2ncnc(Nc3ccccc3C(F)(F)F)c2[N+](=O)[O-])cc1.